The molecule has 1 aliphatic heterocycles. The number of methoxy groups -OCH3 is 1. The third-order valence-electron chi connectivity index (χ3n) is 5.81. The number of fused-ring (bicyclic) bond motifs is 1. The van der Waals surface area contributed by atoms with Gasteiger partial charge in [-0.3, -0.25) is 9.69 Å². The molecule has 2 aromatic carbocycles. The van der Waals surface area contributed by atoms with Gasteiger partial charge < -0.3 is 14.6 Å². The van der Waals surface area contributed by atoms with E-state index in [2.05, 4.69) is 9.97 Å². The van der Waals surface area contributed by atoms with E-state index >= 15 is 0 Å². The molecule has 10 heteroatoms. The summed E-state index contributed by atoms with van der Waals surface area (Å²) in [6, 6.07) is 9.66. The van der Waals surface area contributed by atoms with Crippen LogP contribution < -0.4 is 9.64 Å². The van der Waals surface area contributed by atoms with E-state index in [9.17, 15) is 22.4 Å². The number of rotatable bonds is 4. The van der Waals surface area contributed by atoms with Gasteiger partial charge in [-0.25, -0.2) is 9.37 Å². The summed E-state index contributed by atoms with van der Waals surface area (Å²) in [7, 11) is 3.11. The van der Waals surface area contributed by atoms with Gasteiger partial charge in [0.15, 0.2) is 11.6 Å². The number of nitrogens with zero attached hydrogens (tertiary/aromatic N) is 3. The van der Waals surface area contributed by atoms with Crippen LogP contribution in [-0.4, -0.2) is 53.7 Å². The number of alkyl halides is 3. The maximum atomic E-state index is 14.3. The van der Waals surface area contributed by atoms with Crippen molar-refractivity contribution >= 4 is 22.6 Å². The van der Waals surface area contributed by atoms with Crippen LogP contribution in [0.15, 0.2) is 42.5 Å². The molecule has 6 nitrogen and oxygen atoms in total. The minimum atomic E-state index is -5.10. The van der Waals surface area contributed by atoms with E-state index in [4.69, 9.17) is 4.74 Å². The lowest BCUT2D eigenvalue weighted by atomic mass is 9.95. The highest BCUT2D eigenvalue weighted by Crippen LogP contribution is 2.37. The number of para-hydroxylation sites is 2. The van der Waals surface area contributed by atoms with Gasteiger partial charge in [0.1, 0.15) is 5.82 Å². The summed E-state index contributed by atoms with van der Waals surface area (Å²) in [5.41, 5.74) is 1.40. The average molecular weight is 450 g/mol. The van der Waals surface area contributed by atoms with E-state index in [1.54, 1.807) is 0 Å². The van der Waals surface area contributed by atoms with E-state index in [-0.39, 0.29) is 23.9 Å². The largest absolute Gasteiger partial charge is 0.494 e. The second-order valence-corrected chi connectivity index (χ2v) is 7.81. The summed E-state index contributed by atoms with van der Waals surface area (Å²) in [6.45, 7) is 0.437. The number of hydrogen-bond acceptors (Lipinski definition) is 4. The van der Waals surface area contributed by atoms with Gasteiger partial charge in [0.05, 0.1) is 24.2 Å². The van der Waals surface area contributed by atoms with Gasteiger partial charge in [0, 0.05) is 24.3 Å². The van der Waals surface area contributed by atoms with Gasteiger partial charge in [0.25, 0.3) is 0 Å². The Morgan fingerprint density at radius 3 is 2.66 bits per heavy atom. The lowest BCUT2D eigenvalue weighted by molar-refractivity contribution is -0.171. The fourth-order valence-corrected chi connectivity index (χ4v) is 4.18. The topological polar surface area (TPSA) is 61.5 Å². The first kappa shape index (κ1) is 22.1. The number of aromatic nitrogens is 2. The maximum absolute atomic E-state index is 14.3. The van der Waals surface area contributed by atoms with Crippen LogP contribution in [0.4, 0.5) is 23.2 Å². The number of nitrogens with one attached hydrogen (secondary N) is 1. The Morgan fingerprint density at radius 1 is 1.25 bits per heavy atom. The van der Waals surface area contributed by atoms with Gasteiger partial charge in [-0.05, 0) is 44.2 Å². The van der Waals surface area contributed by atoms with Crippen LogP contribution in [-0.2, 0) is 4.79 Å². The van der Waals surface area contributed by atoms with Gasteiger partial charge in [-0.2, -0.15) is 13.2 Å². The molecule has 1 aliphatic rings. The number of likely N-dealkylation sites (tertiary alicyclic amines) is 1. The lowest BCUT2D eigenvalue weighted by Gasteiger charge is -2.41. The molecule has 32 heavy (non-hydrogen) atoms. The first-order chi connectivity index (χ1) is 15.2. The molecule has 0 unspecified atom stereocenters. The zero-order chi connectivity index (χ0) is 23.0. The molecule has 1 amide bonds. The Balaban J connectivity index is 1.70. The number of aromatic amines is 1. The molecule has 170 valence electrons. The summed E-state index contributed by atoms with van der Waals surface area (Å²) >= 11 is 0. The molecule has 1 aromatic heterocycles. The normalized spacial score (nSPS) is 19.8. The second-order valence-electron chi connectivity index (χ2n) is 7.81. The molecular weight excluding hydrogens is 428 g/mol. The highest BCUT2D eigenvalue weighted by molar-refractivity contribution is 5.98. The SMILES string of the molecule is COc1ccc(N(C(=O)C(F)(F)F)[C@@H]2CCN(C)[C@@H](c3nc4ccccc4[nH]3)C2)cc1F. The molecule has 1 N–H and O–H groups in total. The van der Waals surface area contributed by atoms with E-state index in [0.29, 0.717) is 23.7 Å². The lowest BCUT2D eigenvalue weighted by Crippen LogP contribution is -2.52. The van der Waals surface area contributed by atoms with Crippen molar-refractivity contribution in [1.82, 2.24) is 14.9 Å². The quantitative estimate of drug-likeness (QED) is 0.597. The number of ether oxygens (including phenoxy) is 1. The van der Waals surface area contributed by atoms with Crippen LogP contribution in [0.2, 0.25) is 0 Å². The molecule has 2 heterocycles. The summed E-state index contributed by atoms with van der Waals surface area (Å²) in [4.78, 5) is 22.9. The monoisotopic (exact) mass is 450 g/mol. The van der Waals surface area contributed by atoms with Crippen LogP contribution in [0.5, 0.6) is 5.75 Å². The fourth-order valence-electron chi connectivity index (χ4n) is 4.18. The molecular formula is C22H22F4N4O2. The van der Waals surface area contributed by atoms with Crippen LogP contribution in [0, 0.1) is 5.82 Å². The molecule has 0 spiro atoms. The number of H-pyrrole nitrogens is 1. The van der Waals surface area contributed by atoms with Gasteiger partial charge in [-0.1, -0.05) is 12.1 Å². The van der Waals surface area contributed by atoms with Crippen molar-refractivity contribution in [3.63, 3.8) is 0 Å². The fraction of sp³-hybridized carbons (Fsp3) is 0.364. The van der Waals surface area contributed by atoms with Crippen molar-refractivity contribution in [2.45, 2.75) is 31.1 Å². The van der Waals surface area contributed by atoms with Crippen molar-refractivity contribution in [2.75, 3.05) is 25.6 Å². The smallest absolute Gasteiger partial charge is 0.471 e. The first-order valence-electron chi connectivity index (χ1n) is 10.1. The highest BCUT2D eigenvalue weighted by atomic mass is 19.4. The third kappa shape index (κ3) is 4.14. The summed E-state index contributed by atoms with van der Waals surface area (Å²) in [5, 5.41) is 0. The molecule has 0 saturated carbocycles. The Labute approximate surface area is 181 Å². The van der Waals surface area contributed by atoms with E-state index < -0.39 is 23.9 Å². The molecule has 0 aliphatic carbocycles. The van der Waals surface area contributed by atoms with Crippen molar-refractivity contribution < 1.29 is 27.1 Å². The maximum Gasteiger partial charge on any atom is 0.471 e. The Morgan fingerprint density at radius 2 is 2.00 bits per heavy atom. The number of imidazole rings is 1. The van der Waals surface area contributed by atoms with Crippen molar-refractivity contribution in [3.05, 3.63) is 54.1 Å². The van der Waals surface area contributed by atoms with Crippen LogP contribution in [0.1, 0.15) is 24.7 Å². The first-order valence-corrected chi connectivity index (χ1v) is 10.1. The second kappa shape index (κ2) is 8.42. The Bertz CT molecular complexity index is 1100. The predicted molar refractivity (Wildman–Crippen MR) is 111 cm³/mol. The zero-order valence-corrected chi connectivity index (χ0v) is 17.5. The standard InChI is InChI=1S/C22H22F4N4O2/c1-29-10-9-14(12-18(29)20-27-16-5-3-4-6-17(16)28-20)30(21(31)22(24,25)26)13-7-8-19(32-2)15(23)11-13/h3-8,11,14,18H,9-10,12H2,1-2H3,(H,27,28)/t14-,18-/m1/s1. The molecule has 0 bridgehead atoms. The van der Waals surface area contributed by atoms with Crippen molar-refractivity contribution in [3.8, 4) is 5.75 Å². The van der Waals surface area contributed by atoms with Gasteiger partial charge in [0.2, 0.25) is 0 Å². The molecule has 3 aromatic rings. The van der Waals surface area contributed by atoms with Crippen LogP contribution >= 0.6 is 0 Å². The third-order valence-corrected chi connectivity index (χ3v) is 5.81. The van der Waals surface area contributed by atoms with E-state index in [1.165, 1.54) is 19.2 Å². The van der Waals surface area contributed by atoms with Crippen LogP contribution in [0.25, 0.3) is 11.0 Å². The molecule has 2 atom stereocenters. The average Bonchev–Trinajstić information content (AvgIpc) is 3.18. The van der Waals surface area contributed by atoms with E-state index in [0.717, 1.165) is 17.1 Å². The Hall–Kier alpha value is -3.14. The minimum Gasteiger partial charge on any atom is -0.494 e. The number of amides is 1. The van der Waals surface area contributed by atoms with Gasteiger partial charge in [-0.15, -0.1) is 0 Å². The minimum absolute atomic E-state index is 0.114. The molecule has 1 saturated heterocycles. The Kier molecular flexibility index (Phi) is 5.81. The predicted octanol–water partition coefficient (Wildman–Crippen LogP) is 4.44. The van der Waals surface area contributed by atoms with Crippen molar-refractivity contribution in [1.29, 1.82) is 0 Å². The van der Waals surface area contributed by atoms with Crippen molar-refractivity contribution in [2.24, 2.45) is 0 Å². The molecule has 1 fully saturated rings. The number of carbonyl (C=O) groups is 1. The number of halogens is 4. The molecule has 0 radical (unpaired) electrons. The number of carbonyl (C=O) groups excluding carboxylic acids is 1. The van der Waals surface area contributed by atoms with Crippen LogP contribution in [0.3, 0.4) is 0 Å². The number of anilines is 1. The number of piperidine rings is 1. The molecule has 4 rings (SSSR count). The zero-order valence-electron chi connectivity index (χ0n) is 17.5. The van der Waals surface area contributed by atoms with E-state index in [1.807, 2.05) is 36.2 Å². The summed E-state index contributed by atoms with van der Waals surface area (Å²) in [5.74, 6) is -2.37. The number of benzene rings is 2. The highest BCUT2D eigenvalue weighted by Gasteiger charge is 2.47. The van der Waals surface area contributed by atoms with Gasteiger partial charge >= 0.3 is 12.1 Å². The summed E-state index contributed by atoms with van der Waals surface area (Å²) in [6.07, 6.45) is -4.61. The number of hydrogen-bond donors (Lipinski definition) is 1. The summed E-state index contributed by atoms with van der Waals surface area (Å²) < 4.78 is 59.6.